The zero-order valence-corrected chi connectivity index (χ0v) is 15.4. The average molecular weight is 355 g/mol. The number of carbonyl (C=O) groups is 1. The molecule has 1 unspecified atom stereocenters. The van der Waals surface area contributed by atoms with E-state index in [2.05, 4.69) is 15.3 Å². The number of hydrogen-bond acceptors (Lipinski definition) is 6. The van der Waals surface area contributed by atoms with Crippen molar-refractivity contribution in [2.45, 2.75) is 69.6 Å². The molecule has 0 spiro atoms. The second-order valence-electron chi connectivity index (χ2n) is 7.05. The lowest BCUT2D eigenvalue weighted by Gasteiger charge is -2.23. The molecule has 24 heavy (non-hydrogen) atoms. The van der Waals surface area contributed by atoms with Crippen LogP contribution in [-0.4, -0.2) is 35.3 Å². The molecule has 1 atom stereocenters. The van der Waals surface area contributed by atoms with Gasteiger partial charge in [0.05, 0.1) is 34.6 Å². The molecular formula is C16H25N3O4S. The molecule has 1 saturated carbocycles. The molecule has 7 nitrogen and oxygen atoms in total. The summed E-state index contributed by atoms with van der Waals surface area (Å²) in [6, 6.07) is -0.379. The van der Waals surface area contributed by atoms with Crippen molar-refractivity contribution in [3.63, 3.8) is 0 Å². The number of hydrogen-bond donors (Lipinski definition) is 1. The molecule has 0 saturated heterocycles. The number of nitrogens with zero attached hydrogens (tertiary/aromatic N) is 2. The third-order valence-corrected chi connectivity index (χ3v) is 5.73. The maximum atomic E-state index is 12.1. The Balaban J connectivity index is 2.08. The summed E-state index contributed by atoms with van der Waals surface area (Å²) in [6.45, 7) is 7.27. The van der Waals surface area contributed by atoms with Crippen LogP contribution >= 0.6 is 0 Å². The Labute approximate surface area is 143 Å². The number of alkyl carbamates (subject to hydrolysis) is 1. The number of carbonyl (C=O) groups excluding carboxylic acids is 1. The summed E-state index contributed by atoms with van der Waals surface area (Å²) in [7, 11) is -3.15. The van der Waals surface area contributed by atoms with Crippen LogP contribution in [0.1, 0.15) is 64.4 Å². The van der Waals surface area contributed by atoms with Gasteiger partial charge < -0.3 is 10.1 Å². The molecule has 0 radical (unpaired) electrons. The van der Waals surface area contributed by atoms with Crippen LogP contribution in [0.2, 0.25) is 0 Å². The predicted molar refractivity (Wildman–Crippen MR) is 90.1 cm³/mol. The highest BCUT2D eigenvalue weighted by molar-refractivity contribution is 7.91. The lowest BCUT2D eigenvalue weighted by Crippen LogP contribution is -2.35. The molecule has 1 amide bonds. The number of nitrogens with one attached hydrogen (secondary N) is 1. The molecule has 134 valence electrons. The van der Waals surface area contributed by atoms with Gasteiger partial charge in [-0.25, -0.2) is 13.2 Å². The van der Waals surface area contributed by atoms with Crippen molar-refractivity contribution in [2.24, 2.45) is 0 Å². The van der Waals surface area contributed by atoms with E-state index in [4.69, 9.17) is 4.74 Å². The molecule has 2 rings (SSSR count). The highest BCUT2D eigenvalue weighted by Crippen LogP contribution is 2.30. The summed E-state index contributed by atoms with van der Waals surface area (Å²) in [6.07, 6.45) is 4.52. The summed E-state index contributed by atoms with van der Waals surface area (Å²) in [5, 5.41) is 2.52. The summed E-state index contributed by atoms with van der Waals surface area (Å²) in [4.78, 5) is 20.4. The van der Waals surface area contributed by atoms with Crippen LogP contribution in [0.3, 0.4) is 0 Å². The lowest BCUT2D eigenvalue weighted by atomic mass is 10.1. The summed E-state index contributed by atoms with van der Waals surface area (Å²) in [5.74, 6) is -0.110. The first kappa shape index (κ1) is 18.6. The smallest absolute Gasteiger partial charge is 0.408 e. The molecular weight excluding hydrogens is 330 g/mol. The molecule has 8 heteroatoms. The SMILES string of the molecule is CCC(NC(=O)OC(C)(C)C)c1cncc(CS(=O)(=O)C2CC2)n1. The van der Waals surface area contributed by atoms with Crippen LogP contribution in [0, 0.1) is 0 Å². The van der Waals surface area contributed by atoms with Gasteiger partial charge in [0.2, 0.25) is 0 Å². The van der Waals surface area contributed by atoms with Crippen LogP contribution in [0.15, 0.2) is 12.4 Å². The van der Waals surface area contributed by atoms with Crippen LogP contribution < -0.4 is 5.32 Å². The zero-order valence-electron chi connectivity index (χ0n) is 14.6. The zero-order chi connectivity index (χ0) is 18.0. The lowest BCUT2D eigenvalue weighted by molar-refractivity contribution is 0.0501. The molecule has 1 fully saturated rings. The molecule has 0 aliphatic heterocycles. The quantitative estimate of drug-likeness (QED) is 0.842. The first-order valence-corrected chi connectivity index (χ1v) is 9.84. The number of amides is 1. The monoisotopic (exact) mass is 355 g/mol. The first-order chi connectivity index (χ1) is 11.1. The Kier molecular flexibility index (Phi) is 5.47. The molecule has 1 aliphatic carbocycles. The van der Waals surface area contributed by atoms with E-state index in [1.54, 1.807) is 27.0 Å². The fourth-order valence-electron chi connectivity index (χ4n) is 2.25. The van der Waals surface area contributed by atoms with E-state index in [-0.39, 0.29) is 17.0 Å². The second kappa shape index (κ2) is 7.04. The molecule has 1 aliphatic rings. The molecule has 0 bridgehead atoms. The van der Waals surface area contributed by atoms with Crippen molar-refractivity contribution in [1.82, 2.24) is 15.3 Å². The van der Waals surface area contributed by atoms with Gasteiger partial charge in [0.15, 0.2) is 9.84 Å². The molecule has 1 N–H and O–H groups in total. The second-order valence-corrected chi connectivity index (χ2v) is 9.33. The highest BCUT2D eigenvalue weighted by atomic mass is 32.2. The summed E-state index contributed by atoms with van der Waals surface area (Å²) >= 11 is 0. The number of sulfone groups is 1. The molecule has 1 heterocycles. The van der Waals surface area contributed by atoms with Crippen molar-refractivity contribution in [3.05, 3.63) is 23.8 Å². The minimum Gasteiger partial charge on any atom is -0.444 e. The van der Waals surface area contributed by atoms with Crippen LogP contribution in [0.5, 0.6) is 0 Å². The van der Waals surface area contributed by atoms with Gasteiger partial charge in [-0.15, -0.1) is 0 Å². The van der Waals surface area contributed by atoms with Crippen LogP contribution in [0.25, 0.3) is 0 Å². The first-order valence-electron chi connectivity index (χ1n) is 8.12. The number of ether oxygens (including phenoxy) is 1. The number of aromatic nitrogens is 2. The van der Waals surface area contributed by atoms with E-state index >= 15 is 0 Å². The fourth-order valence-corrected chi connectivity index (χ4v) is 3.89. The molecule has 0 aromatic carbocycles. The minimum absolute atomic E-state index is 0.110. The van der Waals surface area contributed by atoms with Crippen molar-refractivity contribution in [1.29, 1.82) is 0 Å². The molecule has 1 aromatic heterocycles. The van der Waals surface area contributed by atoms with Crippen LogP contribution in [0.4, 0.5) is 4.79 Å². The van der Waals surface area contributed by atoms with Gasteiger partial charge in [-0.3, -0.25) is 9.97 Å². The Morgan fingerprint density at radius 2 is 2.04 bits per heavy atom. The largest absolute Gasteiger partial charge is 0.444 e. The Bertz CT molecular complexity index is 694. The maximum absolute atomic E-state index is 12.1. The third kappa shape index (κ3) is 5.43. The van der Waals surface area contributed by atoms with E-state index in [1.165, 1.54) is 6.20 Å². The van der Waals surface area contributed by atoms with Gasteiger partial charge in [0.1, 0.15) is 5.60 Å². The van der Waals surface area contributed by atoms with E-state index < -0.39 is 21.5 Å². The highest BCUT2D eigenvalue weighted by Gasteiger charge is 2.36. The van der Waals surface area contributed by atoms with Crippen LogP contribution in [-0.2, 0) is 20.3 Å². The van der Waals surface area contributed by atoms with Gasteiger partial charge in [-0.1, -0.05) is 6.92 Å². The Hall–Kier alpha value is -1.70. The van der Waals surface area contributed by atoms with Crippen molar-refractivity contribution >= 4 is 15.9 Å². The van der Waals surface area contributed by atoms with Gasteiger partial charge in [0.25, 0.3) is 0 Å². The van der Waals surface area contributed by atoms with E-state index in [1.807, 2.05) is 6.92 Å². The van der Waals surface area contributed by atoms with Crippen molar-refractivity contribution in [2.75, 3.05) is 0 Å². The fraction of sp³-hybridized carbons (Fsp3) is 0.688. The Morgan fingerprint density at radius 3 is 2.58 bits per heavy atom. The average Bonchev–Trinajstić information content (AvgIpc) is 3.27. The Morgan fingerprint density at radius 1 is 1.38 bits per heavy atom. The van der Waals surface area contributed by atoms with E-state index in [0.29, 0.717) is 17.8 Å². The maximum Gasteiger partial charge on any atom is 0.408 e. The topological polar surface area (TPSA) is 98.2 Å². The van der Waals surface area contributed by atoms with Gasteiger partial charge >= 0.3 is 6.09 Å². The standard InChI is InChI=1S/C16H25N3O4S/c1-5-13(19-15(20)23-16(2,3)4)14-9-17-8-11(18-14)10-24(21,22)12-6-7-12/h8-9,12-13H,5-7,10H2,1-4H3,(H,19,20). The van der Waals surface area contributed by atoms with Gasteiger partial charge in [0, 0.05) is 6.20 Å². The normalized spacial score (nSPS) is 16.5. The van der Waals surface area contributed by atoms with Gasteiger partial charge in [-0.05, 0) is 40.0 Å². The van der Waals surface area contributed by atoms with Gasteiger partial charge in [-0.2, -0.15) is 0 Å². The molecule has 1 aromatic rings. The van der Waals surface area contributed by atoms with Crippen molar-refractivity contribution < 1.29 is 17.9 Å². The van der Waals surface area contributed by atoms with E-state index in [9.17, 15) is 13.2 Å². The summed E-state index contributed by atoms with van der Waals surface area (Å²) in [5.41, 5.74) is 0.351. The van der Waals surface area contributed by atoms with Crippen molar-refractivity contribution in [3.8, 4) is 0 Å². The predicted octanol–water partition coefficient (Wildman–Crippen LogP) is 2.53. The third-order valence-electron chi connectivity index (χ3n) is 3.54. The summed E-state index contributed by atoms with van der Waals surface area (Å²) < 4.78 is 29.4. The van der Waals surface area contributed by atoms with E-state index in [0.717, 1.165) is 12.8 Å². The number of rotatable bonds is 6. The minimum atomic E-state index is -3.15.